The van der Waals surface area contributed by atoms with Crippen LogP contribution < -0.4 is 10.2 Å². The second-order valence-electron chi connectivity index (χ2n) is 6.69. The maximum absolute atomic E-state index is 5.47. The van der Waals surface area contributed by atoms with Crippen LogP contribution in [-0.2, 0) is 11.3 Å². The van der Waals surface area contributed by atoms with Gasteiger partial charge >= 0.3 is 0 Å². The van der Waals surface area contributed by atoms with E-state index in [4.69, 9.17) is 9.72 Å². The van der Waals surface area contributed by atoms with E-state index in [1.165, 1.54) is 0 Å². The molecule has 0 atom stereocenters. The summed E-state index contributed by atoms with van der Waals surface area (Å²) in [7, 11) is 0. The smallest absolute Gasteiger partial charge is 0.230 e. The Morgan fingerprint density at radius 1 is 1.03 bits per heavy atom. The minimum atomic E-state index is 0.516. The molecule has 1 aromatic carbocycles. The van der Waals surface area contributed by atoms with Crippen molar-refractivity contribution in [1.82, 2.24) is 30.1 Å². The number of H-pyrrole nitrogens is 1. The predicted octanol–water partition coefficient (Wildman–Crippen LogP) is 2.26. The minimum Gasteiger partial charge on any atom is -0.378 e. The zero-order chi connectivity index (χ0) is 19.5. The Kier molecular flexibility index (Phi) is 4.71. The van der Waals surface area contributed by atoms with Crippen molar-refractivity contribution in [1.29, 1.82) is 0 Å². The highest BCUT2D eigenvalue weighted by atomic mass is 16.5. The third kappa shape index (κ3) is 3.72. The number of benzene rings is 1. The summed E-state index contributed by atoms with van der Waals surface area (Å²) in [6.07, 6.45) is 3.57. The lowest BCUT2D eigenvalue weighted by atomic mass is 10.1. The molecule has 1 saturated heterocycles. The third-order valence-corrected chi connectivity index (χ3v) is 4.80. The highest BCUT2D eigenvalue weighted by molar-refractivity contribution is 5.92. The van der Waals surface area contributed by atoms with Crippen LogP contribution >= 0.6 is 0 Å². The molecule has 1 aliphatic rings. The number of ether oxygens (including phenoxy) is 1. The molecule has 0 radical (unpaired) electrons. The van der Waals surface area contributed by atoms with E-state index in [1.54, 1.807) is 12.4 Å². The van der Waals surface area contributed by atoms with Crippen molar-refractivity contribution in [2.75, 3.05) is 36.5 Å². The Bertz CT molecular complexity index is 1110. The molecule has 3 aromatic heterocycles. The number of pyridine rings is 1. The molecule has 0 amide bonds. The average Bonchev–Trinajstić information content (AvgIpc) is 3.28. The number of hydrogen-bond acceptors (Lipinski definition) is 8. The molecule has 9 nitrogen and oxygen atoms in total. The van der Waals surface area contributed by atoms with Gasteiger partial charge in [-0.15, -0.1) is 0 Å². The molecule has 0 unspecified atom stereocenters. The van der Waals surface area contributed by atoms with Gasteiger partial charge in [0.15, 0.2) is 5.82 Å². The van der Waals surface area contributed by atoms with E-state index in [1.807, 2.05) is 36.4 Å². The van der Waals surface area contributed by atoms with Crippen molar-refractivity contribution < 1.29 is 4.74 Å². The van der Waals surface area contributed by atoms with Gasteiger partial charge in [-0.05, 0) is 18.2 Å². The number of aromatic nitrogens is 6. The van der Waals surface area contributed by atoms with Crippen LogP contribution in [0.3, 0.4) is 0 Å². The number of anilines is 2. The van der Waals surface area contributed by atoms with Crippen LogP contribution in [0.4, 0.5) is 11.9 Å². The van der Waals surface area contributed by atoms with E-state index >= 15 is 0 Å². The van der Waals surface area contributed by atoms with Crippen LogP contribution in [0.25, 0.3) is 22.3 Å². The number of nitrogens with zero attached hydrogens (tertiary/aromatic N) is 6. The molecule has 2 N–H and O–H groups in total. The fourth-order valence-corrected chi connectivity index (χ4v) is 3.30. The first-order chi connectivity index (χ1) is 14.4. The van der Waals surface area contributed by atoms with Gasteiger partial charge < -0.3 is 15.0 Å². The number of fused-ring (bicyclic) bond motifs is 1. The minimum absolute atomic E-state index is 0.516. The van der Waals surface area contributed by atoms with E-state index in [-0.39, 0.29) is 0 Å². The first-order valence-corrected chi connectivity index (χ1v) is 9.52. The Labute approximate surface area is 167 Å². The fraction of sp³-hybridized carbons (Fsp3) is 0.250. The van der Waals surface area contributed by atoms with Gasteiger partial charge in [0, 0.05) is 30.2 Å². The monoisotopic (exact) mass is 388 g/mol. The molecule has 4 heterocycles. The number of morpholine rings is 1. The van der Waals surface area contributed by atoms with Crippen molar-refractivity contribution in [2.45, 2.75) is 6.54 Å². The van der Waals surface area contributed by atoms with E-state index in [2.05, 4.69) is 35.4 Å². The number of aromatic amines is 1. The average molecular weight is 388 g/mol. The molecule has 1 fully saturated rings. The van der Waals surface area contributed by atoms with Crippen molar-refractivity contribution in [3.05, 3.63) is 54.5 Å². The van der Waals surface area contributed by atoms with Crippen LogP contribution in [0.5, 0.6) is 0 Å². The first kappa shape index (κ1) is 17.5. The zero-order valence-electron chi connectivity index (χ0n) is 15.7. The molecular weight excluding hydrogens is 368 g/mol. The summed E-state index contributed by atoms with van der Waals surface area (Å²) in [4.78, 5) is 20.6. The van der Waals surface area contributed by atoms with Crippen molar-refractivity contribution in [2.24, 2.45) is 0 Å². The van der Waals surface area contributed by atoms with Gasteiger partial charge in [0.25, 0.3) is 0 Å². The van der Waals surface area contributed by atoms with Crippen LogP contribution in [0, 0.1) is 0 Å². The largest absolute Gasteiger partial charge is 0.378 e. The Morgan fingerprint density at radius 3 is 2.83 bits per heavy atom. The highest BCUT2D eigenvalue weighted by Crippen LogP contribution is 2.27. The Balaban J connectivity index is 1.53. The first-order valence-electron chi connectivity index (χ1n) is 9.52. The summed E-state index contributed by atoms with van der Waals surface area (Å²) in [6.45, 7) is 3.35. The Hall–Kier alpha value is -3.59. The molecule has 0 spiro atoms. The second kappa shape index (κ2) is 7.80. The maximum Gasteiger partial charge on any atom is 0.230 e. The van der Waals surface area contributed by atoms with E-state index < -0.39 is 0 Å². The molecule has 0 saturated carbocycles. The summed E-state index contributed by atoms with van der Waals surface area (Å²) < 4.78 is 5.47. The predicted molar refractivity (Wildman–Crippen MR) is 110 cm³/mol. The lowest BCUT2D eigenvalue weighted by molar-refractivity contribution is 0.122. The fourth-order valence-electron chi connectivity index (χ4n) is 3.30. The van der Waals surface area contributed by atoms with Crippen LogP contribution in [0.15, 0.2) is 48.8 Å². The lowest BCUT2D eigenvalue weighted by Gasteiger charge is -2.27. The number of hydrogen-bond donors (Lipinski definition) is 2. The van der Waals surface area contributed by atoms with Crippen LogP contribution in [0.1, 0.15) is 5.69 Å². The quantitative estimate of drug-likeness (QED) is 0.536. The SMILES string of the molecule is c1ccc(CNc2nc(-c3cccc4[nH]ncc34)nc(N3CCOCC3)n2)nc1. The molecule has 29 heavy (non-hydrogen) atoms. The van der Waals surface area contributed by atoms with Crippen molar-refractivity contribution in [3.63, 3.8) is 0 Å². The molecule has 4 aromatic rings. The van der Waals surface area contributed by atoms with Gasteiger partial charge in [0.05, 0.1) is 37.2 Å². The lowest BCUT2D eigenvalue weighted by Crippen LogP contribution is -2.37. The molecule has 5 rings (SSSR count). The molecular formula is C20H20N8O. The number of nitrogens with one attached hydrogen (secondary N) is 2. The summed E-state index contributed by atoms with van der Waals surface area (Å²) >= 11 is 0. The summed E-state index contributed by atoms with van der Waals surface area (Å²) in [6, 6.07) is 11.8. The van der Waals surface area contributed by atoms with Gasteiger partial charge in [-0.25, -0.2) is 0 Å². The maximum atomic E-state index is 5.47. The molecule has 1 aliphatic heterocycles. The Morgan fingerprint density at radius 2 is 1.97 bits per heavy atom. The highest BCUT2D eigenvalue weighted by Gasteiger charge is 2.18. The topological polar surface area (TPSA) is 105 Å². The summed E-state index contributed by atoms with van der Waals surface area (Å²) in [5.41, 5.74) is 2.77. The van der Waals surface area contributed by atoms with E-state index in [0.717, 1.165) is 35.2 Å². The van der Waals surface area contributed by atoms with Gasteiger partial charge in [-0.1, -0.05) is 18.2 Å². The van der Waals surface area contributed by atoms with Gasteiger partial charge in [-0.3, -0.25) is 10.1 Å². The van der Waals surface area contributed by atoms with Crippen LogP contribution in [-0.4, -0.2) is 56.4 Å². The van der Waals surface area contributed by atoms with Crippen molar-refractivity contribution >= 4 is 22.8 Å². The second-order valence-corrected chi connectivity index (χ2v) is 6.69. The summed E-state index contributed by atoms with van der Waals surface area (Å²) in [5, 5.41) is 11.4. The van der Waals surface area contributed by atoms with Gasteiger partial charge in [-0.2, -0.15) is 20.1 Å². The standard InChI is InChI=1S/C20H20N8O/c1-2-7-21-14(4-1)12-22-19-24-18(15-5-3-6-17-16(15)13-23-27-17)25-20(26-19)28-8-10-29-11-9-28/h1-7,13H,8-12H2,(H,23,27)(H,22,24,25,26). The normalized spacial score (nSPS) is 14.3. The molecule has 0 aliphatic carbocycles. The molecule has 0 bridgehead atoms. The van der Waals surface area contributed by atoms with Gasteiger partial charge in [0.1, 0.15) is 0 Å². The number of rotatable bonds is 5. The molecule has 146 valence electrons. The van der Waals surface area contributed by atoms with E-state index in [9.17, 15) is 0 Å². The van der Waals surface area contributed by atoms with Gasteiger partial charge in [0.2, 0.25) is 11.9 Å². The summed E-state index contributed by atoms with van der Waals surface area (Å²) in [5.74, 6) is 1.77. The van der Waals surface area contributed by atoms with Crippen LogP contribution in [0.2, 0.25) is 0 Å². The molecule has 9 heteroatoms. The third-order valence-electron chi connectivity index (χ3n) is 4.80. The zero-order valence-corrected chi connectivity index (χ0v) is 15.7. The van der Waals surface area contributed by atoms with E-state index in [0.29, 0.717) is 37.5 Å². The van der Waals surface area contributed by atoms with Crippen molar-refractivity contribution in [3.8, 4) is 11.4 Å².